The lowest BCUT2D eigenvalue weighted by atomic mass is 10.2. The molecule has 1 aromatic heterocycles. The van der Waals surface area contributed by atoms with E-state index in [1.807, 2.05) is 24.4 Å². The van der Waals surface area contributed by atoms with E-state index in [0.29, 0.717) is 0 Å². The van der Waals surface area contributed by atoms with Crippen LogP contribution in [0, 0.1) is 0 Å². The van der Waals surface area contributed by atoms with Crippen LogP contribution in [0.3, 0.4) is 0 Å². The van der Waals surface area contributed by atoms with Crippen molar-refractivity contribution >= 4 is 15.9 Å². The molecule has 0 spiro atoms. The summed E-state index contributed by atoms with van der Waals surface area (Å²) in [6.45, 7) is 3.76. The fourth-order valence-electron chi connectivity index (χ4n) is 2.02. The molecular formula is C16H20BrN3. The van der Waals surface area contributed by atoms with Gasteiger partial charge in [-0.15, -0.1) is 0 Å². The summed E-state index contributed by atoms with van der Waals surface area (Å²) in [5.41, 5.74) is 2.41. The Morgan fingerprint density at radius 1 is 1.20 bits per heavy atom. The minimum Gasteiger partial charge on any atom is -0.310 e. The molecule has 0 fully saturated rings. The number of aromatic nitrogens is 1. The van der Waals surface area contributed by atoms with Gasteiger partial charge in [0.15, 0.2) is 0 Å². The number of nitrogens with one attached hydrogen (secondary N) is 1. The lowest BCUT2D eigenvalue weighted by Crippen LogP contribution is -2.28. The van der Waals surface area contributed by atoms with E-state index in [9.17, 15) is 0 Å². The molecule has 0 unspecified atom stereocenters. The molecule has 1 N–H and O–H groups in total. The second-order valence-corrected chi connectivity index (χ2v) is 5.78. The van der Waals surface area contributed by atoms with Gasteiger partial charge in [0.1, 0.15) is 0 Å². The standard InChI is InChI=1S/C16H20BrN3/c1-20(13-14-5-4-6-15(17)11-14)10-9-18-12-16-7-2-3-8-19-16/h2-8,11,18H,9-10,12-13H2,1H3. The van der Waals surface area contributed by atoms with Gasteiger partial charge in [-0.2, -0.15) is 0 Å². The highest BCUT2D eigenvalue weighted by atomic mass is 79.9. The molecule has 4 heteroatoms. The first-order valence-corrected chi connectivity index (χ1v) is 7.57. The van der Waals surface area contributed by atoms with Gasteiger partial charge in [0, 0.05) is 36.8 Å². The third-order valence-corrected chi connectivity index (χ3v) is 3.54. The summed E-state index contributed by atoms with van der Waals surface area (Å²) >= 11 is 3.50. The van der Waals surface area contributed by atoms with Crippen LogP contribution in [0.25, 0.3) is 0 Å². The van der Waals surface area contributed by atoms with E-state index in [0.717, 1.165) is 36.3 Å². The summed E-state index contributed by atoms with van der Waals surface area (Å²) in [5, 5.41) is 3.42. The molecule has 2 rings (SSSR count). The average Bonchev–Trinajstić information content (AvgIpc) is 2.45. The minimum atomic E-state index is 0.825. The normalized spacial score (nSPS) is 10.9. The summed E-state index contributed by atoms with van der Waals surface area (Å²) in [6, 6.07) is 14.4. The molecule has 20 heavy (non-hydrogen) atoms. The average molecular weight is 334 g/mol. The number of pyridine rings is 1. The summed E-state index contributed by atoms with van der Waals surface area (Å²) in [6.07, 6.45) is 1.83. The first-order valence-electron chi connectivity index (χ1n) is 6.77. The molecule has 0 amide bonds. The van der Waals surface area contributed by atoms with Gasteiger partial charge in [-0.05, 0) is 36.9 Å². The Labute approximate surface area is 129 Å². The Morgan fingerprint density at radius 3 is 2.85 bits per heavy atom. The lowest BCUT2D eigenvalue weighted by molar-refractivity contribution is 0.324. The SMILES string of the molecule is CN(CCNCc1ccccn1)Cc1cccc(Br)c1. The Kier molecular flexibility index (Phi) is 6.18. The van der Waals surface area contributed by atoms with E-state index >= 15 is 0 Å². The van der Waals surface area contributed by atoms with Crippen molar-refractivity contribution in [1.82, 2.24) is 15.2 Å². The van der Waals surface area contributed by atoms with Gasteiger partial charge in [-0.25, -0.2) is 0 Å². The molecule has 0 aliphatic rings. The van der Waals surface area contributed by atoms with E-state index in [1.165, 1.54) is 5.56 Å². The smallest absolute Gasteiger partial charge is 0.0541 e. The molecule has 2 aromatic rings. The predicted molar refractivity (Wildman–Crippen MR) is 86.4 cm³/mol. The largest absolute Gasteiger partial charge is 0.310 e. The molecule has 0 saturated heterocycles. The van der Waals surface area contributed by atoms with Crippen molar-refractivity contribution in [2.75, 3.05) is 20.1 Å². The van der Waals surface area contributed by atoms with Crippen LogP contribution >= 0.6 is 15.9 Å². The molecule has 0 radical (unpaired) electrons. The molecule has 3 nitrogen and oxygen atoms in total. The van der Waals surface area contributed by atoms with Crippen molar-refractivity contribution < 1.29 is 0 Å². The number of hydrogen-bond donors (Lipinski definition) is 1. The number of rotatable bonds is 7. The lowest BCUT2D eigenvalue weighted by Gasteiger charge is -2.17. The van der Waals surface area contributed by atoms with Crippen LogP contribution < -0.4 is 5.32 Å². The first-order chi connectivity index (χ1) is 9.74. The quantitative estimate of drug-likeness (QED) is 0.789. The molecule has 0 aliphatic heterocycles. The van der Waals surface area contributed by atoms with Gasteiger partial charge < -0.3 is 10.2 Å². The second-order valence-electron chi connectivity index (χ2n) is 4.87. The first kappa shape index (κ1) is 15.2. The maximum Gasteiger partial charge on any atom is 0.0541 e. The van der Waals surface area contributed by atoms with Gasteiger partial charge in [0.05, 0.1) is 5.69 Å². The van der Waals surface area contributed by atoms with Crippen LogP contribution in [0.15, 0.2) is 53.1 Å². The monoisotopic (exact) mass is 333 g/mol. The van der Waals surface area contributed by atoms with E-state index in [1.54, 1.807) is 0 Å². The van der Waals surface area contributed by atoms with Crippen molar-refractivity contribution in [3.8, 4) is 0 Å². The van der Waals surface area contributed by atoms with Crippen molar-refractivity contribution in [3.05, 3.63) is 64.4 Å². The fourth-order valence-corrected chi connectivity index (χ4v) is 2.46. The van der Waals surface area contributed by atoms with Gasteiger partial charge in [-0.3, -0.25) is 4.98 Å². The van der Waals surface area contributed by atoms with Crippen LogP contribution in [0.2, 0.25) is 0 Å². The number of nitrogens with zero attached hydrogens (tertiary/aromatic N) is 2. The Hall–Kier alpha value is -1.23. The third-order valence-electron chi connectivity index (χ3n) is 3.04. The molecule has 1 heterocycles. The third kappa shape index (κ3) is 5.41. The molecule has 0 saturated carbocycles. The topological polar surface area (TPSA) is 28.2 Å². The summed E-state index contributed by atoms with van der Waals surface area (Å²) in [7, 11) is 2.14. The van der Waals surface area contributed by atoms with Crippen LogP contribution in [0.1, 0.15) is 11.3 Å². The number of likely N-dealkylation sites (N-methyl/N-ethyl adjacent to an activating group) is 1. The number of halogens is 1. The van der Waals surface area contributed by atoms with Crippen LogP contribution in [0.5, 0.6) is 0 Å². The molecule has 1 aromatic carbocycles. The number of benzene rings is 1. The summed E-state index contributed by atoms with van der Waals surface area (Å²) in [5.74, 6) is 0. The number of hydrogen-bond acceptors (Lipinski definition) is 3. The zero-order valence-corrected chi connectivity index (χ0v) is 13.3. The van der Waals surface area contributed by atoms with E-state index < -0.39 is 0 Å². The molecule has 0 atom stereocenters. The molecule has 106 valence electrons. The van der Waals surface area contributed by atoms with E-state index in [2.05, 4.69) is 62.4 Å². The predicted octanol–water partition coefficient (Wildman–Crippen LogP) is 3.07. The van der Waals surface area contributed by atoms with Gasteiger partial charge >= 0.3 is 0 Å². The van der Waals surface area contributed by atoms with Crippen LogP contribution in [-0.4, -0.2) is 30.0 Å². The van der Waals surface area contributed by atoms with E-state index in [-0.39, 0.29) is 0 Å². The van der Waals surface area contributed by atoms with Gasteiger partial charge in [0.25, 0.3) is 0 Å². The summed E-state index contributed by atoms with van der Waals surface area (Å²) < 4.78 is 1.14. The molecule has 0 aliphatic carbocycles. The zero-order chi connectivity index (χ0) is 14.2. The van der Waals surface area contributed by atoms with Gasteiger partial charge in [0.2, 0.25) is 0 Å². The van der Waals surface area contributed by atoms with Crippen molar-refractivity contribution in [2.24, 2.45) is 0 Å². The molecule has 0 bridgehead atoms. The fraction of sp³-hybridized carbons (Fsp3) is 0.312. The maximum atomic E-state index is 4.29. The Balaban J connectivity index is 1.66. The Morgan fingerprint density at radius 2 is 2.10 bits per heavy atom. The highest BCUT2D eigenvalue weighted by Crippen LogP contribution is 2.12. The van der Waals surface area contributed by atoms with Crippen molar-refractivity contribution in [3.63, 3.8) is 0 Å². The highest BCUT2D eigenvalue weighted by molar-refractivity contribution is 9.10. The highest BCUT2D eigenvalue weighted by Gasteiger charge is 2.01. The van der Waals surface area contributed by atoms with Crippen LogP contribution in [0.4, 0.5) is 0 Å². The van der Waals surface area contributed by atoms with E-state index in [4.69, 9.17) is 0 Å². The molecular weight excluding hydrogens is 314 g/mol. The zero-order valence-electron chi connectivity index (χ0n) is 11.7. The van der Waals surface area contributed by atoms with Crippen molar-refractivity contribution in [2.45, 2.75) is 13.1 Å². The Bertz CT molecular complexity index is 516. The van der Waals surface area contributed by atoms with Gasteiger partial charge in [-0.1, -0.05) is 34.1 Å². The van der Waals surface area contributed by atoms with Crippen molar-refractivity contribution in [1.29, 1.82) is 0 Å². The summed E-state index contributed by atoms with van der Waals surface area (Å²) in [4.78, 5) is 6.60. The van der Waals surface area contributed by atoms with Crippen LogP contribution in [-0.2, 0) is 13.1 Å². The second kappa shape index (κ2) is 8.15. The maximum absolute atomic E-state index is 4.29. The minimum absolute atomic E-state index is 0.825.